The maximum absolute atomic E-state index is 13.1. The zero-order chi connectivity index (χ0) is 23.8. The molecule has 0 atom stereocenters. The zero-order valence-electron chi connectivity index (χ0n) is 20.2. The van der Waals surface area contributed by atoms with Gasteiger partial charge < -0.3 is 15.4 Å². The van der Waals surface area contributed by atoms with Crippen LogP contribution >= 0.6 is 24.0 Å². The van der Waals surface area contributed by atoms with Gasteiger partial charge >= 0.3 is 0 Å². The van der Waals surface area contributed by atoms with E-state index in [1.54, 1.807) is 18.2 Å². The highest BCUT2D eigenvalue weighted by atomic mass is 35.5. The summed E-state index contributed by atoms with van der Waals surface area (Å²) in [6.07, 6.45) is 2.16. The fourth-order valence-electron chi connectivity index (χ4n) is 5.87. The highest BCUT2D eigenvalue weighted by Crippen LogP contribution is 2.55. The second kappa shape index (κ2) is 10.2. The van der Waals surface area contributed by atoms with Gasteiger partial charge in [0.25, 0.3) is 5.91 Å². The number of halogens is 2. The molecule has 1 saturated carbocycles. The number of benzene rings is 2. The monoisotopic (exact) mass is 501 g/mol. The number of piperidine rings is 1. The Morgan fingerprint density at radius 3 is 2.26 bits per heavy atom. The first-order valence-electron chi connectivity index (χ1n) is 11.6. The molecular formula is C27H33Cl2N3O2. The summed E-state index contributed by atoms with van der Waals surface area (Å²) in [5.41, 5.74) is 1.85. The van der Waals surface area contributed by atoms with Crippen LogP contribution in [0.3, 0.4) is 0 Å². The van der Waals surface area contributed by atoms with Crippen LogP contribution in [0.4, 0.5) is 0 Å². The van der Waals surface area contributed by atoms with Crippen LogP contribution in [0, 0.1) is 22.2 Å². The van der Waals surface area contributed by atoms with E-state index in [-0.39, 0.29) is 41.3 Å². The molecular weight excluding hydrogens is 469 g/mol. The van der Waals surface area contributed by atoms with Gasteiger partial charge in [-0.2, -0.15) is 5.26 Å². The number of rotatable bonds is 5. The Kier molecular flexibility index (Phi) is 7.87. The third-order valence-corrected chi connectivity index (χ3v) is 7.73. The minimum absolute atomic E-state index is 0. The number of hydrogen-bond acceptors (Lipinski definition) is 4. The van der Waals surface area contributed by atoms with E-state index in [0.29, 0.717) is 27.8 Å². The van der Waals surface area contributed by atoms with Crippen molar-refractivity contribution in [3.8, 4) is 11.8 Å². The first-order chi connectivity index (χ1) is 15.6. The molecule has 5 nitrogen and oxygen atoms in total. The van der Waals surface area contributed by atoms with E-state index in [1.807, 2.05) is 12.1 Å². The Bertz CT molecular complexity index is 1050. The molecule has 1 amide bonds. The molecule has 1 saturated heterocycles. The van der Waals surface area contributed by atoms with Gasteiger partial charge in [0, 0.05) is 28.5 Å². The quantitative estimate of drug-likeness (QED) is 0.549. The number of ether oxygens (including phenoxy) is 1. The van der Waals surface area contributed by atoms with Crippen LogP contribution in [0.15, 0.2) is 42.5 Å². The Morgan fingerprint density at radius 1 is 1.09 bits per heavy atom. The lowest BCUT2D eigenvalue weighted by atomic mass is 9.49. The molecule has 0 bridgehead atoms. The molecule has 1 aliphatic heterocycles. The molecule has 4 rings (SSSR count). The van der Waals surface area contributed by atoms with E-state index >= 15 is 0 Å². The van der Waals surface area contributed by atoms with Crippen molar-refractivity contribution in [2.45, 2.75) is 58.6 Å². The van der Waals surface area contributed by atoms with Crippen molar-refractivity contribution in [3.63, 3.8) is 0 Å². The summed E-state index contributed by atoms with van der Waals surface area (Å²) in [6.45, 7) is 10.5. The number of carbonyl (C=O) groups excluding carboxylic acids is 1. The Morgan fingerprint density at radius 2 is 1.71 bits per heavy atom. The summed E-state index contributed by atoms with van der Waals surface area (Å²) in [7, 11) is 0. The number of carbonyl (C=O) groups is 1. The summed E-state index contributed by atoms with van der Waals surface area (Å²) in [6, 6.07) is 15.2. The third kappa shape index (κ3) is 4.91. The summed E-state index contributed by atoms with van der Waals surface area (Å²) in [5, 5.41) is 16.1. The fraction of sp³-hybridized carbons (Fsp3) is 0.481. The summed E-state index contributed by atoms with van der Waals surface area (Å²) >= 11 is 6.18. The third-order valence-electron chi connectivity index (χ3n) is 7.41. The second-order valence-electron chi connectivity index (χ2n) is 10.4. The van der Waals surface area contributed by atoms with E-state index in [2.05, 4.69) is 56.5 Å². The van der Waals surface area contributed by atoms with Crippen molar-refractivity contribution in [2.24, 2.45) is 10.8 Å². The summed E-state index contributed by atoms with van der Waals surface area (Å²) in [4.78, 5) is 13.1. The van der Waals surface area contributed by atoms with Crippen molar-refractivity contribution in [2.75, 3.05) is 13.1 Å². The van der Waals surface area contributed by atoms with Gasteiger partial charge in [-0.05, 0) is 61.7 Å². The van der Waals surface area contributed by atoms with Gasteiger partial charge in [-0.3, -0.25) is 4.79 Å². The fourth-order valence-corrected chi connectivity index (χ4v) is 6.08. The number of amides is 1. The Balaban J connectivity index is 0.00000324. The summed E-state index contributed by atoms with van der Waals surface area (Å²) in [5.74, 6) is 1.14. The minimum atomic E-state index is -0.283. The molecule has 2 fully saturated rings. The molecule has 0 unspecified atom stereocenters. The number of nitrogens with zero attached hydrogens (tertiary/aromatic N) is 1. The van der Waals surface area contributed by atoms with Crippen LogP contribution in [-0.2, 0) is 0 Å². The smallest absolute Gasteiger partial charge is 0.251 e. The molecule has 0 aromatic heterocycles. The maximum atomic E-state index is 13.1. The van der Waals surface area contributed by atoms with E-state index < -0.39 is 0 Å². The standard InChI is InChI=1S/C27H32ClN3O2.ClH/c1-26(2)24(27(3,4)25(26)33-21-10-9-20(16-29)22(28)15-21)31-23(32)19-7-5-17(6-8-19)18-11-13-30-14-12-18;/h5-10,15,18,24-25,30H,11-14H2,1-4H3,(H,31,32);1H. The average molecular weight is 502 g/mol. The van der Waals surface area contributed by atoms with Crippen molar-refractivity contribution < 1.29 is 9.53 Å². The van der Waals surface area contributed by atoms with Gasteiger partial charge in [0.2, 0.25) is 0 Å². The molecule has 2 aromatic rings. The van der Waals surface area contributed by atoms with E-state index in [4.69, 9.17) is 21.6 Å². The molecule has 1 heterocycles. The van der Waals surface area contributed by atoms with Gasteiger partial charge in [0.15, 0.2) is 0 Å². The lowest BCUT2D eigenvalue weighted by Crippen LogP contribution is -2.74. The Hall–Kier alpha value is -2.26. The predicted molar refractivity (Wildman–Crippen MR) is 138 cm³/mol. The van der Waals surface area contributed by atoms with Crippen LogP contribution < -0.4 is 15.4 Å². The number of hydrogen-bond donors (Lipinski definition) is 2. The SMILES string of the molecule is CC1(C)C(NC(=O)c2ccc(C3CCNCC3)cc2)C(C)(C)C1Oc1ccc(C#N)c(Cl)c1.Cl. The van der Waals surface area contributed by atoms with Gasteiger partial charge in [-0.25, -0.2) is 0 Å². The van der Waals surface area contributed by atoms with Crippen molar-refractivity contribution in [3.05, 3.63) is 64.2 Å². The topological polar surface area (TPSA) is 74.2 Å². The van der Waals surface area contributed by atoms with Crippen LogP contribution in [0.1, 0.15) is 67.9 Å². The highest BCUT2D eigenvalue weighted by molar-refractivity contribution is 6.31. The molecule has 7 heteroatoms. The highest BCUT2D eigenvalue weighted by Gasteiger charge is 2.64. The summed E-state index contributed by atoms with van der Waals surface area (Å²) < 4.78 is 6.31. The second-order valence-corrected chi connectivity index (χ2v) is 10.9. The van der Waals surface area contributed by atoms with Gasteiger partial charge in [-0.15, -0.1) is 12.4 Å². The van der Waals surface area contributed by atoms with Crippen LogP contribution in [0.2, 0.25) is 5.02 Å². The van der Waals surface area contributed by atoms with Gasteiger partial charge in [-0.1, -0.05) is 51.4 Å². The van der Waals surface area contributed by atoms with E-state index in [0.717, 1.165) is 25.9 Å². The molecule has 0 radical (unpaired) electrons. The van der Waals surface area contributed by atoms with Crippen molar-refractivity contribution in [1.82, 2.24) is 10.6 Å². The maximum Gasteiger partial charge on any atom is 0.251 e. The zero-order valence-corrected chi connectivity index (χ0v) is 21.7. The molecule has 34 heavy (non-hydrogen) atoms. The van der Waals surface area contributed by atoms with Gasteiger partial charge in [0.05, 0.1) is 10.6 Å². The molecule has 182 valence electrons. The van der Waals surface area contributed by atoms with Gasteiger partial charge in [0.1, 0.15) is 17.9 Å². The van der Waals surface area contributed by atoms with Crippen LogP contribution in [0.25, 0.3) is 0 Å². The van der Waals surface area contributed by atoms with Crippen LogP contribution in [0.5, 0.6) is 5.75 Å². The van der Waals surface area contributed by atoms with Crippen LogP contribution in [-0.4, -0.2) is 31.1 Å². The first-order valence-corrected chi connectivity index (χ1v) is 12.0. The lowest BCUT2D eigenvalue weighted by Gasteiger charge is -2.63. The Labute approximate surface area is 213 Å². The van der Waals surface area contributed by atoms with E-state index in [9.17, 15) is 4.79 Å². The molecule has 1 aliphatic carbocycles. The molecule has 0 spiro atoms. The number of nitriles is 1. The molecule has 2 aromatic carbocycles. The largest absolute Gasteiger partial charge is 0.489 e. The first kappa shape index (κ1) is 26.3. The average Bonchev–Trinajstić information content (AvgIpc) is 2.81. The van der Waals surface area contributed by atoms with Crippen molar-refractivity contribution >= 4 is 29.9 Å². The lowest BCUT2D eigenvalue weighted by molar-refractivity contribution is -0.164. The van der Waals surface area contributed by atoms with Crippen molar-refractivity contribution in [1.29, 1.82) is 5.26 Å². The minimum Gasteiger partial charge on any atom is -0.489 e. The molecule has 2 N–H and O–H groups in total. The normalized spacial score (nSPS) is 23.1. The predicted octanol–water partition coefficient (Wildman–Crippen LogP) is 5.71. The van der Waals surface area contributed by atoms with E-state index in [1.165, 1.54) is 5.56 Å². The number of nitrogens with one attached hydrogen (secondary N) is 2. The molecule has 2 aliphatic rings.